The molecule has 2 aromatic rings. The van der Waals surface area contributed by atoms with Crippen LogP contribution in [0.4, 0.5) is 8.78 Å². The van der Waals surface area contributed by atoms with Crippen LogP contribution in [0.3, 0.4) is 0 Å². The molecule has 0 saturated carbocycles. The van der Waals surface area contributed by atoms with Crippen molar-refractivity contribution in [3.63, 3.8) is 0 Å². The van der Waals surface area contributed by atoms with Gasteiger partial charge in [-0.05, 0) is 35.4 Å². The summed E-state index contributed by atoms with van der Waals surface area (Å²) in [5.74, 6) is 1.38. The van der Waals surface area contributed by atoms with Crippen LogP contribution < -0.4 is 9.47 Å². The first-order chi connectivity index (χ1) is 12.8. The zero-order chi connectivity index (χ0) is 19.9. The second-order valence-corrected chi connectivity index (χ2v) is 7.13. The highest BCUT2D eigenvalue weighted by Gasteiger charge is 2.23. The van der Waals surface area contributed by atoms with Crippen molar-refractivity contribution in [3.05, 3.63) is 59.7 Å². The number of benzene rings is 2. The molecule has 27 heavy (non-hydrogen) atoms. The molecule has 1 N–H and O–H groups in total. The van der Waals surface area contributed by atoms with E-state index in [0.717, 1.165) is 11.1 Å². The predicted octanol–water partition coefficient (Wildman–Crippen LogP) is 5.03. The minimum atomic E-state index is -2.35. The van der Waals surface area contributed by atoms with Crippen molar-refractivity contribution in [2.45, 2.75) is 38.2 Å². The Bertz CT molecular complexity index is 688. The van der Waals surface area contributed by atoms with Gasteiger partial charge in [-0.15, -0.1) is 11.6 Å². The van der Waals surface area contributed by atoms with Crippen molar-refractivity contribution in [3.8, 4) is 11.5 Å². The van der Waals surface area contributed by atoms with Crippen molar-refractivity contribution in [1.29, 1.82) is 0 Å². The molecule has 0 saturated heterocycles. The molecule has 0 aliphatic heterocycles. The van der Waals surface area contributed by atoms with Crippen LogP contribution in [0.5, 0.6) is 11.5 Å². The van der Waals surface area contributed by atoms with E-state index in [4.69, 9.17) is 21.1 Å². The second kappa shape index (κ2) is 9.90. The molecule has 0 spiro atoms. The number of ether oxygens (including phenoxy) is 2. The summed E-state index contributed by atoms with van der Waals surface area (Å²) < 4.78 is 35.2. The third-order valence-corrected chi connectivity index (χ3v) is 4.73. The Morgan fingerprint density at radius 2 is 1.41 bits per heavy atom. The van der Waals surface area contributed by atoms with Gasteiger partial charge in [0.05, 0.1) is 12.5 Å². The Morgan fingerprint density at radius 1 is 0.926 bits per heavy atom. The maximum absolute atomic E-state index is 12.2. The lowest BCUT2D eigenvalue weighted by atomic mass is 9.78. The molecule has 0 unspecified atom stereocenters. The minimum absolute atomic E-state index is 0.000282. The van der Waals surface area contributed by atoms with E-state index in [1.54, 1.807) is 12.1 Å². The van der Waals surface area contributed by atoms with E-state index in [9.17, 15) is 13.9 Å². The Morgan fingerprint density at radius 3 is 1.85 bits per heavy atom. The van der Waals surface area contributed by atoms with E-state index in [0.29, 0.717) is 11.5 Å². The van der Waals surface area contributed by atoms with Gasteiger partial charge >= 0.3 is 0 Å². The molecule has 1 atom stereocenters. The van der Waals surface area contributed by atoms with Crippen molar-refractivity contribution >= 4 is 11.6 Å². The molecule has 2 aromatic carbocycles. The van der Waals surface area contributed by atoms with E-state index >= 15 is 0 Å². The first kappa shape index (κ1) is 21.5. The van der Waals surface area contributed by atoms with Gasteiger partial charge in [0.1, 0.15) is 24.2 Å². The lowest BCUT2D eigenvalue weighted by molar-refractivity contribution is 0.114. The van der Waals surface area contributed by atoms with Crippen LogP contribution in [0.25, 0.3) is 0 Å². The average molecular weight is 399 g/mol. The summed E-state index contributed by atoms with van der Waals surface area (Å²) in [6.45, 7) is 4.36. The average Bonchev–Trinajstić information content (AvgIpc) is 2.66. The van der Waals surface area contributed by atoms with E-state index < -0.39 is 12.5 Å². The molecule has 2 rings (SSSR count). The van der Waals surface area contributed by atoms with Gasteiger partial charge < -0.3 is 14.6 Å². The third-order valence-electron chi connectivity index (χ3n) is 4.38. The fourth-order valence-electron chi connectivity index (χ4n) is 2.61. The van der Waals surface area contributed by atoms with E-state index in [1.165, 1.54) is 0 Å². The summed E-state index contributed by atoms with van der Waals surface area (Å²) in [5, 5.41) is 9.45. The van der Waals surface area contributed by atoms with Crippen LogP contribution in [0.1, 0.15) is 31.4 Å². The SMILES string of the molecule is CC(C)(c1ccc(OCCC(F)F)cc1)c1ccc(OC[C@H](O)CCl)cc1. The molecule has 0 heterocycles. The minimum Gasteiger partial charge on any atom is -0.493 e. The molecule has 3 nitrogen and oxygen atoms in total. The zero-order valence-electron chi connectivity index (χ0n) is 15.5. The maximum atomic E-state index is 12.2. The Kier molecular flexibility index (Phi) is 7.87. The molecule has 0 fully saturated rings. The molecule has 0 radical (unpaired) electrons. The Hall–Kier alpha value is -1.85. The van der Waals surface area contributed by atoms with Crippen LogP contribution in [-0.2, 0) is 5.41 Å². The summed E-state index contributed by atoms with van der Waals surface area (Å²) in [5.41, 5.74) is 1.92. The van der Waals surface area contributed by atoms with E-state index in [1.807, 2.05) is 36.4 Å². The fraction of sp³-hybridized carbons (Fsp3) is 0.429. The lowest BCUT2D eigenvalue weighted by Gasteiger charge is -2.26. The molecule has 0 bridgehead atoms. The van der Waals surface area contributed by atoms with Gasteiger partial charge in [-0.2, -0.15) is 0 Å². The van der Waals surface area contributed by atoms with E-state index in [2.05, 4.69) is 13.8 Å². The van der Waals surface area contributed by atoms with Crippen molar-refractivity contribution in [1.82, 2.24) is 0 Å². The summed E-state index contributed by atoms with van der Waals surface area (Å²) in [7, 11) is 0. The summed E-state index contributed by atoms with van der Waals surface area (Å²) in [6.07, 6.45) is -3.32. The van der Waals surface area contributed by atoms with Gasteiger partial charge in [-0.3, -0.25) is 0 Å². The number of rotatable bonds is 10. The summed E-state index contributed by atoms with van der Waals surface area (Å²) >= 11 is 5.55. The molecular formula is C21H25ClF2O3. The van der Waals surface area contributed by atoms with Gasteiger partial charge in [-0.1, -0.05) is 38.1 Å². The first-order valence-electron chi connectivity index (χ1n) is 8.81. The van der Waals surface area contributed by atoms with Gasteiger partial charge in [0.15, 0.2) is 0 Å². The van der Waals surface area contributed by atoms with Gasteiger partial charge in [0.2, 0.25) is 6.43 Å². The third kappa shape index (κ3) is 6.36. The molecule has 0 aliphatic rings. The smallest absolute Gasteiger partial charge is 0.241 e. The van der Waals surface area contributed by atoms with Crippen molar-refractivity contribution < 1.29 is 23.4 Å². The number of aliphatic hydroxyl groups is 1. The van der Waals surface area contributed by atoms with E-state index in [-0.39, 0.29) is 30.9 Å². The summed E-state index contributed by atoms with van der Waals surface area (Å²) in [4.78, 5) is 0. The molecule has 0 amide bonds. The number of alkyl halides is 3. The second-order valence-electron chi connectivity index (χ2n) is 6.82. The highest BCUT2D eigenvalue weighted by molar-refractivity contribution is 6.18. The van der Waals surface area contributed by atoms with Crippen molar-refractivity contribution in [2.75, 3.05) is 19.1 Å². The standard InChI is InChI=1S/C21H25ClF2O3/c1-21(2,15-3-7-18(8-4-15)26-12-11-20(23)24)16-5-9-19(10-6-16)27-14-17(25)13-22/h3-10,17,20,25H,11-14H2,1-2H3/t17-/m1/s1. The quantitative estimate of drug-likeness (QED) is 0.571. The lowest BCUT2D eigenvalue weighted by Crippen LogP contribution is -2.20. The normalized spacial score (nSPS) is 12.9. The van der Waals surface area contributed by atoms with Crippen LogP contribution in [0.2, 0.25) is 0 Å². The topological polar surface area (TPSA) is 38.7 Å². The van der Waals surface area contributed by atoms with Crippen molar-refractivity contribution in [2.24, 2.45) is 0 Å². The number of hydrogen-bond donors (Lipinski definition) is 1. The first-order valence-corrected chi connectivity index (χ1v) is 9.35. The zero-order valence-corrected chi connectivity index (χ0v) is 16.3. The van der Waals surface area contributed by atoms with Gasteiger partial charge in [0.25, 0.3) is 0 Å². The van der Waals surface area contributed by atoms with Crippen LogP contribution in [-0.4, -0.2) is 36.7 Å². The number of hydrogen-bond acceptors (Lipinski definition) is 3. The molecule has 6 heteroatoms. The highest BCUT2D eigenvalue weighted by atomic mass is 35.5. The molecular weight excluding hydrogens is 374 g/mol. The maximum Gasteiger partial charge on any atom is 0.241 e. The Balaban J connectivity index is 2.02. The number of halogens is 3. The molecule has 148 valence electrons. The fourth-order valence-corrected chi connectivity index (χ4v) is 2.69. The number of aliphatic hydroxyl groups excluding tert-OH is 1. The van der Waals surface area contributed by atoms with Crippen LogP contribution in [0.15, 0.2) is 48.5 Å². The Labute approximate surface area is 163 Å². The van der Waals surface area contributed by atoms with Gasteiger partial charge in [-0.25, -0.2) is 8.78 Å². The molecule has 0 aromatic heterocycles. The monoisotopic (exact) mass is 398 g/mol. The predicted molar refractivity (Wildman–Crippen MR) is 103 cm³/mol. The van der Waals surface area contributed by atoms with Crippen LogP contribution in [0, 0.1) is 0 Å². The van der Waals surface area contributed by atoms with Gasteiger partial charge in [0, 0.05) is 11.8 Å². The highest BCUT2D eigenvalue weighted by Crippen LogP contribution is 2.33. The molecule has 0 aliphatic carbocycles. The largest absolute Gasteiger partial charge is 0.493 e. The van der Waals surface area contributed by atoms with Crippen LogP contribution >= 0.6 is 11.6 Å². The summed E-state index contributed by atoms with van der Waals surface area (Å²) in [6, 6.07) is 15.2.